The van der Waals surface area contributed by atoms with Crippen LogP contribution in [0.25, 0.3) is 0 Å². The van der Waals surface area contributed by atoms with Crippen LogP contribution in [0.3, 0.4) is 0 Å². The van der Waals surface area contributed by atoms with Gasteiger partial charge in [-0.15, -0.1) is 21.5 Å². The third-order valence-electron chi connectivity index (χ3n) is 3.45. The number of aryl methyl sites for hydroxylation is 3. The second-order valence-electron chi connectivity index (χ2n) is 5.86. The van der Waals surface area contributed by atoms with Crippen LogP contribution in [-0.2, 0) is 19.3 Å². The molecule has 0 atom stereocenters. The summed E-state index contributed by atoms with van der Waals surface area (Å²) in [6.45, 7) is 8.67. The van der Waals surface area contributed by atoms with Gasteiger partial charge in [-0.3, -0.25) is 0 Å². The van der Waals surface area contributed by atoms with Crippen LogP contribution in [0, 0.1) is 12.8 Å². The minimum Gasteiger partial charge on any atom is -0.316 e. The fourth-order valence-corrected chi connectivity index (χ4v) is 3.05. The molecule has 114 valence electrons. The summed E-state index contributed by atoms with van der Waals surface area (Å²) in [6, 6.07) is 8.56. The van der Waals surface area contributed by atoms with Gasteiger partial charge in [0.2, 0.25) is 0 Å². The van der Waals surface area contributed by atoms with E-state index in [0.717, 1.165) is 42.4 Å². The van der Waals surface area contributed by atoms with Crippen LogP contribution in [0.5, 0.6) is 0 Å². The van der Waals surface area contributed by atoms with Crippen molar-refractivity contribution in [1.29, 1.82) is 0 Å². The van der Waals surface area contributed by atoms with Crippen molar-refractivity contribution in [2.75, 3.05) is 13.1 Å². The summed E-state index contributed by atoms with van der Waals surface area (Å²) in [4.78, 5) is 0. The molecule has 0 radical (unpaired) electrons. The van der Waals surface area contributed by atoms with Crippen molar-refractivity contribution < 1.29 is 0 Å². The van der Waals surface area contributed by atoms with E-state index in [9.17, 15) is 0 Å². The normalized spacial score (nSPS) is 11.2. The van der Waals surface area contributed by atoms with Crippen LogP contribution < -0.4 is 5.32 Å². The Labute approximate surface area is 131 Å². The largest absolute Gasteiger partial charge is 0.316 e. The summed E-state index contributed by atoms with van der Waals surface area (Å²) in [5, 5.41) is 14.4. The van der Waals surface area contributed by atoms with Gasteiger partial charge in [-0.05, 0) is 36.9 Å². The minimum absolute atomic E-state index is 0.698. The fourth-order valence-electron chi connectivity index (χ4n) is 2.21. The third-order valence-corrected chi connectivity index (χ3v) is 4.49. The number of rotatable bonds is 8. The quantitative estimate of drug-likeness (QED) is 0.759. The molecular formula is C17H25N3S. The lowest BCUT2D eigenvalue weighted by atomic mass is 10.0. The molecule has 0 saturated heterocycles. The topological polar surface area (TPSA) is 37.8 Å². The lowest BCUT2D eigenvalue weighted by Crippen LogP contribution is -2.22. The van der Waals surface area contributed by atoms with E-state index in [2.05, 4.69) is 60.6 Å². The van der Waals surface area contributed by atoms with Gasteiger partial charge in [-0.2, -0.15) is 0 Å². The predicted octanol–water partition coefficient (Wildman–Crippen LogP) is 3.42. The standard InChI is InChI=1S/C17H25N3S/c1-13(2)12-18-11-10-17-20-19-16(21-17)9-8-15-7-5-4-6-14(15)3/h4-7,13,18H,8-12H2,1-3H3. The fraction of sp³-hybridized carbons (Fsp3) is 0.529. The highest BCUT2D eigenvalue weighted by molar-refractivity contribution is 7.11. The maximum absolute atomic E-state index is 4.32. The Balaban J connectivity index is 1.77. The van der Waals surface area contributed by atoms with Gasteiger partial charge in [0.15, 0.2) is 0 Å². The van der Waals surface area contributed by atoms with E-state index in [1.54, 1.807) is 11.3 Å². The predicted molar refractivity (Wildman–Crippen MR) is 89.9 cm³/mol. The van der Waals surface area contributed by atoms with Gasteiger partial charge in [-0.25, -0.2) is 0 Å². The van der Waals surface area contributed by atoms with Crippen LogP contribution in [0.2, 0.25) is 0 Å². The molecule has 0 bridgehead atoms. The lowest BCUT2D eigenvalue weighted by molar-refractivity contribution is 0.553. The van der Waals surface area contributed by atoms with Gasteiger partial charge in [-0.1, -0.05) is 38.1 Å². The van der Waals surface area contributed by atoms with E-state index < -0.39 is 0 Å². The molecule has 0 spiro atoms. The summed E-state index contributed by atoms with van der Waals surface area (Å²) < 4.78 is 0. The molecule has 1 aromatic carbocycles. The Kier molecular flexibility index (Phi) is 6.33. The first-order valence-electron chi connectivity index (χ1n) is 7.71. The highest BCUT2D eigenvalue weighted by Crippen LogP contribution is 2.15. The van der Waals surface area contributed by atoms with Gasteiger partial charge in [0.1, 0.15) is 10.0 Å². The van der Waals surface area contributed by atoms with E-state index in [4.69, 9.17) is 0 Å². The molecule has 0 aliphatic carbocycles. The summed E-state index contributed by atoms with van der Waals surface area (Å²) in [7, 11) is 0. The van der Waals surface area contributed by atoms with Crippen LogP contribution in [0.15, 0.2) is 24.3 Å². The Morgan fingerprint density at radius 3 is 2.48 bits per heavy atom. The second kappa shape index (κ2) is 8.25. The molecule has 0 fully saturated rings. The zero-order valence-electron chi connectivity index (χ0n) is 13.2. The minimum atomic E-state index is 0.698. The Hall–Kier alpha value is -1.26. The molecular weight excluding hydrogens is 278 g/mol. The summed E-state index contributed by atoms with van der Waals surface area (Å²) in [6.07, 6.45) is 3.02. The average Bonchev–Trinajstić information content (AvgIpc) is 2.90. The van der Waals surface area contributed by atoms with Crippen LogP contribution in [-0.4, -0.2) is 23.3 Å². The third kappa shape index (κ3) is 5.56. The lowest BCUT2D eigenvalue weighted by Gasteiger charge is -2.05. The van der Waals surface area contributed by atoms with Crippen LogP contribution in [0.1, 0.15) is 35.0 Å². The van der Waals surface area contributed by atoms with Gasteiger partial charge in [0.25, 0.3) is 0 Å². The maximum atomic E-state index is 4.32. The van der Waals surface area contributed by atoms with Gasteiger partial charge >= 0.3 is 0 Å². The van der Waals surface area contributed by atoms with E-state index >= 15 is 0 Å². The zero-order valence-corrected chi connectivity index (χ0v) is 14.0. The molecule has 21 heavy (non-hydrogen) atoms. The molecule has 2 aromatic rings. The Morgan fingerprint density at radius 1 is 1.05 bits per heavy atom. The molecule has 4 heteroatoms. The summed E-state index contributed by atoms with van der Waals surface area (Å²) in [5.74, 6) is 0.698. The van der Waals surface area contributed by atoms with E-state index in [-0.39, 0.29) is 0 Å². The number of hydrogen-bond acceptors (Lipinski definition) is 4. The molecule has 1 N–H and O–H groups in total. The van der Waals surface area contributed by atoms with E-state index in [1.807, 2.05) is 0 Å². The van der Waals surface area contributed by atoms with Gasteiger partial charge in [0, 0.05) is 19.4 Å². The van der Waals surface area contributed by atoms with Crippen LogP contribution >= 0.6 is 11.3 Å². The SMILES string of the molecule is Cc1ccccc1CCc1nnc(CCNCC(C)C)s1. The maximum Gasteiger partial charge on any atom is 0.118 e. The zero-order chi connectivity index (χ0) is 15.1. The van der Waals surface area contributed by atoms with Crippen molar-refractivity contribution in [3.05, 3.63) is 45.4 Å². The highest BCUT2D eigenvalue weighted by atomic mass is 32.1. The number of hydrogen-bond donors (Lipinski definition) is 1. The summed E-state index contributed by atoms with van der Waals surface area (Å²) in [5.41, 5.74) is 2.77. The van der Waals surface area contributed by atoms with Crippen molar-refractivity contribution in [3.8, 4) is 0 Å². The average molecular weight is 303 g/mol. The van der Waals surface area contributed by atoms with E-state index in [0.29, 0.717) is 5.92 Å². The van der Waals surface area contributed by atoms with Crippen molar-refractivity contribution in [3.63, 3.8) is 0 Å². The van der Waals surface area contributed by atoms with E-state index in [1.165, 1.54) is 11.1 Å². The Morgan fingerprint density at radius 2 is 1.76 bits per heavy atom. The van der Waals surface area contributed by atoms with Gasteiger partial charge in [0.05, 0.1) is 0 Å². The molecule has 0 aliphatic rings. The first-order chi connectivity index (χ1) is 10.1. The summed E-state index contributed by atoms with van der Waals surface area (Å²) >= 11 is 1.75. The molecule has 2 rings (SSSR count). The molecule has 3 nitrogen and oxygen atoms in total. The molecule has 1 heterocycles. The molecule has 0 aliphatic heterocycles. The number of benzene rings is 1. The molecule has 1 aromatic heterocycles. The molecule has 0 saturated carbocycles. The number of nitrogens with one attached hydrogen (secondary N) is 1. The highest BCUT2D eigenvalue weighted by Gasteiger charge is 2.05. The molecule has 0 amide bonds. The monoisotopic (exact) mass is 303 g/mol. The smallest absolute Gasteiger partial charge is 0.118 e. The van der Waals surface area contributed by atoms with Gasteiger partial charge < -0.3 is 5.32 Å². The Bertz CT molecular complexity index is 548. The number of aromatic nitrogens is 2. The van der Waals surface area contributed by atoms with Crippen LogP contribution in [0.4, 0.5) is 0 Å². The van der Waals surface area contributed by atoms with Crippen molar-refractivity contribution in [1.82, 2.24) is 15.5 Å². The van der Waals surface area contributed by atoms with Crippen molar-refractivity contribution >= 4 is 11.3 Å². The molecule has 0 unspecified atom stereocenters. The van der Waals surface area contributed by atoms with Crippen molar-refractivity contribution in [2.45, 2.75) is 40.0 Å². The van der Waals surface area contributed by atoms with Crippen molar-refractivity contribution in [2.24, 2.45) is 5.92 Å². The first-order valence-corrected chi connectivity index (χ1v) is 8.53. The second-order valence-corrected chi connectivity index (χ2v) is 7.01. The first kappa shape index (κ1) is 16.1. The number of nitrogens with zero attached hydrogens (tertiary/aromatic N) is 2.